The van der Waals surface area contributed by atoms with E-state index in [1.807, 2.05) is 6.92 Å². The zero-order chi connectivity index (χ0) is 13.7. The standard InChI is InChI=1S/C13H24O3Si/c1-11(9-8-10-12(14)15-5)16-17(6,7)13(2,3)4/h11H,9H2,1-7H3/t11-/m1/s1. The van der Waals surface area contributed by atoms with Crippen LogP contribution in [0.2, 0.25) is 18.1 Å². The largest absolute Gasteiger partial charge is 0.459 e. The number of hydrogen-bond acceptors (Lipinski definition) is 3. The molecule has 0 bridgehead atoms. The number of hydrogen-bond donors (Lipinski definition) is 0. The van der Waals surface area contributed by atoms with Gasteiger partial charge in [0.2, 0.25) is 0 Å². The maximum absolute atomic E-state index is 10.8. The molecule has 98 valence electrons. The fraction of sp³-hybridized carbons (Fsp3) is 0.769. The summed E-state index contributed by atoms with van der Waals surface area (Å²) in [5.74, 6) is 4.70. The highest BCUT2D eigenvalue weighted by atomic mass is 28.4. The van der Waals surface area contributed by atoms with E-state index in [1.54, 1.807) is 0 Å². The van der Waals surface area contributed by atoms with E-state index < -0.39 is 14.3 Å². The van der Waals surface area contributed by atoms with Crippen LogP contribution in [0.15, 0.2) is 0 Å². The highest BCUT2D eigenvalue weighted by Gasteiger charge is 2.38. The Morgan fingerprint density at radius 2 is 1.88 bits per heavy atom. The molecule has 0 fully saturated rings. The van der Waals surface area contributed by atoms with Crippen LogP contribution in [-0.4, -0.2) is 27.5 Å². The highest BCUT2D eigenvalue weighted by Crippen LogP contribution is 2.37. The van der Waals surface area contributed by atoms with Gasteiger partial charge in [-0.1, -0.05) is 26.7 Å². The third kappa shape index (κ3) is 5.90. The van der Waals surface area contributed by atoms with Gasteiger partial charge in [0.1, 0.15) is 0 Å². The van der Waals surface area contributed by atoms with Crippen molar-refractivity contribution >= 4 is 14.3 Å². The average Bonchev–Trinajstić information content (AvgIpc) is 2.14. The van der Waals surface area contributed by atoms with E-state index in [2.05, 4.69) is 50.4 Å². The van der Waals surface area contributed by atoms with E-state index in [0.717, 1.165) is 0 Å². The average molecular weight is 256 g/mol. The summed E-state index contributed by atoms with van der Waals surface area (Å²) < 4.78 is 10.5. The lowest BCUT2D eigenvalue weighted by Crippen LogP contribution is -2.43. The Morgan fingerprint density at radius 1 is 1.35 bits per heavy atom. The number of methoxy groups -OCH3 is 1. The Hall–Kier alpha value is -0.793. The molecule has 0 aromatic rings. The maximum Gasteiger partial charge on any atom is 0.384 e. The number of carbonyl (C=O) groups is 1. The third-order valence-electron chi connectivity index (χ3n) is 3.07. The zero-order valence-electron chi connectivity index (χ0n) is 12.0. The summed E-state index contributed by atoms with van der Waals surface area (Å²) in [5, 5.41) is 0.192. The van der Waals surface area contributed by atoms with Crippen LogP contribution in [0.3, 0.4) is 0 Å². The first-order valence-corrected chi connectivity index (χ1v) is 8.75. The summed E-state index contributed by atoms with van der Waals surface area (Å²) in [6, 6.07) is 0. The van der Waals surface area contributed by atoms with E-state index in [-0.39, 0.29) is 11.1 Å². The van der Waals surface area contributed by atoms with Gasteiger partial charge in [-0.15, -0.1) is 0 Å². The minimum absolute atomic E-state index is 0.0491. The molecule has 0 unspecified atom stereocenters. The smallest absolute Gasteiger partial charge is 0.384 e. The predicted molar refractivity (Wildman–Crippen MR) is 72.2 cm³/mol. The monoisotopic (exact) mass is 256 g/mol. The first-order chi connectivity index (χ1) is 7.60. The van der Waals surface area contributed by atoms with Crippen LogP contribution in [0, 0.1) is 11.8 Å². The molecule has 0 saturated heterocycles. The van der Waals surface area contributed by atoms with Gasteiger partial charge in [-0.25, -0.2) is 4.79 Å². The molecular weight excluding hydrogens is 232 g/mol. The molecule has 0 aliphatic rings. The quantitative estimate of drug-likeness (QED) is 0.337. The van der Waals surface area contributed by atoms with Crippen LogP contribution in [-0.2, 0) is 14.0 Å². The van der Waals surface area contributed by atoms with E-state index in [1.165, 1.54) is 7.11 Å². The molecule has 0 aromatic heterocycles. The van der Waals surface area contributed by atoms with Crippen molar-refractivity contribution in [1.29, 1.82) is 0 Å². The van der Waals surface area contributed by atoms with Gasteiger partial charge in [0.15, 0.2) is 8.32 Å². The number of carbonyl (C=O) groups excluding carboxylic acids is 1. The first-order valence-electron chi connectivity index (χ1n) is 5.85. The van der Waals surface area contributed by atoms with E-state index in [4.69, 9.17) is 4.43 Å². The molecule has 1 atom stereocenters. The second-order valence-corrected chi connectivity index (χ2v) is 10.4. The lowest BCUT2D eigenvalue weighted by molar-refractivity contribution is -0.133. The SMILES string of the molecule is COC(=O)C#CC[C@@H](C)O[Si](C)(C)C(C)(C)C. The van der Waals surface area contributed by atoms with Crippen LogP contribution in [0.1, 0.15) is 34.1 Å². The van der Waals surface area contributed by atoms with Crippen molar-refractivity contribution in [2.24, 2.45) is 0 Å². The molecule has 0 radical (unpaired) electrons. The first kappa shape index (κ1) is 16.2. The Morgan fingerprint density at radius 3 is 2.29 bits per heavy atom. The Labute approximate surface area is 106 Å². The summed E-state index contributed by atoms with van der Waals surface area (Å²) in [6.45, 7) is 13.0. The van der Waals surface area contributed by atoms with E-state index in [9.17, 15) is 4.79 Å². The fourth-order valence-electron chi connectivity index (χ4n) is 1.04. The van der Waals surface area contributed by atoms with Gasteiger partial charge in [-0.2, -0.15) is 0 Å². The van der Waals surface area contributed by atoms with E-state index >= 15 is 0 Å². The summed E-state index contributed by atoms with van der Waals surface area (Å²) in [7, 11) is -0.411. The van der Waals surface area contributed by atoms with Gasteiger partial charge in [0, 0.05) is 12.3 Å². The Bertz CT molecular complexity index is 318. The molecule has 3 nitrogen and oxygen atoms in total. The summed E-state index contributed by atoms with van der Waals surface area (Å²) in [4.78, 5) is 10.8. The molecule has 0 rings (SSSR count). The summed E-state index contributed by atoms with van der Waals surface area (Å²) >= 11 is 0. The van der Waals surface area contributed by atoms with Gasteiger partial charge in [-0.05, 0) is 25.1 Å². The van der Waals surface area contributed by atoms with Gasteiger partial charge < -0.3 is 9.16 Å². The van der Waals surface area contributed by atoms with Gasteiger partial charge in [0.05, 0.1) is 13.2 Å². The molecule has 17 heavy (non-hydrogen) atoms. The van der Waals surface area contributed by atoms with Crippen LogP contribution in [0.5, 0.6) is 0 Å². The number of rotatable bonds is 3. The number of ether oxygens (including phenoxy) is 1. The van der Waals surface area contributed by atoms with Crippen molar-refractivity contribution in [1.82, 2.24) is 0 Å². The maximum atomic E-state index is 10.8. The fourth-order valence-corrected chi connectivity index (χ4v) is 2.48. The lowest BCUT2D eigenvalue weighted by atomic mass is 10.2. The van der Waals surface area contributed by atoms with Gasteiger partial charge in [0.25, 0.3) is 0 Å². The van der Waals surface area contributed by atoms with Crippen molar-refractivity contribution < 1.29 is 14.0 Å². The predicted octanol–water partition coefficient (Wildman–Crippen LogP) is 2.96. The Kier molecular flexibility index (Phi) is 5.93. The molecular formula is C13H24O3Si. The van der Waals surface area contributed by atoms with Crippen LogP contribution in [0.25, 0.3) is 0 Å². The van der Waals surface area contributed by atoms with Crippen LogP contribution >= 0.6 is 0 Å². The second kappa shape index (κ2) is 6.22. The third-order valence-corrected chi connectivity index (χ3v) is 7.67. The van der Waals surface area contributed by atoms with Crippen molar-refractivity contribution in [2.45, 2.75) is 58.4 Å². The van der Waals surface area contributed by atoms with Crippen molar-refractivity contribution in [2.75, 3.05) is 7.11 Å². The van der Waals surface area contributed by atoms with Gasteiger partial charge in [-0.3, -0.25) is 0 Å². The highest BCUT2D eigenvalue weighted by molar-refractivity contribution is 6.74. The van der Waals surface area contributed by atoms with Crippen LogP contribution < -0.4 is 0 Å². The minimum atomic E-state index is -1.74. The van der Waals surface area contributed by atoms with E-state index in [0.29, 0.717) is 6.42 Å². The van der Waals surface area contributed by atoms with Crippen molar-refractivity contribution in [3.8, 4) is 11.8 Å². The van der Waals surface area contributed by atoms with Crippen molar-refractivity contribution in [3.63, 3.8) is 0 Å². The number of esters is 1. The van der Waals surface area contributed by atoms with Crippen LogP contribution in [0.4, 0.5) is 0 Å². The molecule has 0 aromatic carbocycles. The minimum Gasteiger partial charge on any atom is -0.459 e. The molecule has 0 amide bonds. The summed E-state index contributed by atoms with van der Waals surface area (Å²) in [6.07, 6.45) is 0.606. The second-order valence-electron chi connectivity index (χ2n) is 5.69. The molecule has 0 aliphatic heterocycles. The molecule has 0 heterocycles. The molecule has 4 heteroatoms. The Balaban J connectivity index is 4.31. The normalized spacial score (nSPS) is 13.6. The molecule has 0 spiro atoms. The molecule has 0 saturated carbocycles. The van der Waals surface area contributed by atoms with Gasteiger partial charge >= 0.3 is 5.97 Å². The van der Waals surface area contributed by atoms with Crippen molar-refractivity contribution in [3.05, 3.63) is 0 Å². The lowest BCUT2D eigenvalue weighted by Gasteiger charge is -2.38. The molecule has 0 N–H and O–H groups in total. The topological polar surface area (TPSA) is 35.5 Å². The zero-order valence-corrected chi connectivity index (χ0v) is 13.0. The summed E-state index contributed by atoms with van der Waals surface area (Å²) in [5.41, 5.74) is 0. The molecule has 0 aliphatic carbocycles.